The molecular formula is C18H31IN4O4S. The van der Waals surface area contributed by atoms with E-state index in [0.717, 1.165) is 12.0 Å². The summed E-state index contributed by atoms with van der Waals surface area (Å²) >= 11 is 0. The number of amides is 1. The molecule has 0 aliphatic heterocycles. The highest BCUT2D eigenvalue weighted by Gasteiger charge is 2.16. The lowest BCUT2D eigenvalue weighted by molar-refractivity contribution is 0.0636. The van der Waals surface area contributed by atoms with Crippen LogP contribution in [0.3, 0.4) is 0 Å². The van der Waals surface area contributed by atoms with Crippen molar-refractivity contribution in [3.8, 4) is 0 Å². The third-order valence-corrected chi connectivity index (χ3v) is 4.24. The van der Waals surface area contributed by atoms with Crippen LogP contribution in [0.5, 0.6) is 0 Å². The Kier molecular flexibility index (Phi) is 11.4. The molecule has 0 saturated heterocycles. The van der Waals surface area contributed by atoms with Crippen molar-refractivity contribution in [1.29, 1.82) is 0 Å². The molecule has 1 aromatic rings. The Morgan fingerprint density at radius 1 is 1.11 bits per heavy atom. The van der Waals surface area contributed by atoms with Crippen molar-refractivity contribution >= 4 is 51.6 Å². The maximum absolute atomic E-state index is 11.7. The Morgan fingerprint density at radius 3 is 2.18 bits per heavy atom. The van der Waals surface area contributed by atoms with Crippen molar-refractivity contribution in [1.82, 2.24) is 10.6 Å². The normalized spacial score (nSPS) is 12.0. The van der Waals surface area contributed by atoms with Gasteiger partial charge in [-0.3, -0.25) is 10.3 Å². The Bertz CT molecular complexity index is 744. The lowest BCUT2D eigenvalue weighted by atomic mass is 10.1. The van der Waals surface area contributed by atoms with Gasteiger partial charge < -0.3 is 15.4 Å². The molecule has 0 spiro atoms. The van der Waals surface area contributed by atoms with E-state index in [1.807, 2.05) is 45.0 Å². The van der Waals surface area contributed by atoms with E-state index < -0.39 is 21.5 Å². The Balaban J connectivity index is 0.00000729. The van der Waals surface area contributed by atoms with Crippen LogP contribution in [0.2, 0.25) is 0 Å². The molecule has 0 fully saturated rings. The molecule has 0 unspecified atom stereocenters. The van der Waals surface area contributed by atoms with E-state index in [-0.39, 0.29) is 29.7 Å². The first-order valence-corrected chi connectivity index (χ1v) is 10.8. The summed E-state index contributed by atoms with van der Waals surface area (Å²) in [4.78, 5) is 15.8. The number of rotatable bonds is 7. The van der Waals surface area contributed by atoms with E-state index in [4.69, 9.17) is 4.74 Å². The van der Waals surface area contributed by atoms with Gasteiger partial charge in [0.15, 0.2) is 5.96 Å². The molecule has 0 bridgehead atoms. The maximum Gasteiger partial charge on any atom is 0.412 e. The summed E-state index contributed by atoms with van der Waals surface area (Å²) in [6.07, 6.45) is 1.46. The molecule has 1 rings (SSSR count). The van der Waals surface area contributed by atoms with Gasteiger partial charge in [0.1, 0.15) is 15.4 Å². The van der Waals surface area contributed by atoms with Gasteiger partial charge >= 0.3 is 6.09 Å². The third-order valence-electron chi connectivity index (χ3n) is 3.29. The molecule has 0 aromatic heterocycles. The SMILES string of the molecule is CN=C(NCCc1ccc(NC(=O)OC(C)(C)C)cc1)NCCS(C)(=O)=O.I. The number of carbonyl (C=O) groups excluding carboxylic acids is 1. The minimum atomic E-state index is -3.00. The van der Waals surface area contributed by atoms with Gasteiger partial charge in [0.25, 0.3) is 0 Å². The van der Waals surface area contributed by atoms with Crippen molar-refractivity contribution in [3.05, 3.63) is 29.8 Å². The van der Waals surface area contributed by atoms with Crippen LogP contribution in [0.15, 0.2) is 29.3 Å². The molecule has 0 radical (unpaired) electrons. The van der Waals surface area contributed by atoms with E-state index in [0.29, 0.717) is 24.7 Å². The minimum Gasteiger partial charge on any atom is -0.444 e. The lowest BCUT2D eigenvalue weighted by Gasteiger charge is -2.19. The number of guanidine groups is 1. The van der Waals surface area contributed by atoms with E-state index in [9.17, 15) is 13.2 Å². The summed E-state index contributed by atoms with van der Waals surface area (Å²) in [7, 11) is -1.37. The Morgan fingerprint density at radius 2 is 1.68 bits per heavy atom. The first-order chi connectivity index (χ1) is 12.5. The number of ether oxygens (including phenoxy) is 1. The molecule has 0 heterocycles. The Labute approximate surface area is 184 Å². The van der Waals surface area contributed by atoms with Crippen molar-refractivity contribution < 1.29 is 17.9 Å². The second kappa shape index (κ2) is 12.1. The Hall–Kier alpha value is -1.56. The lowest BCUT2D eigenvalue weighted by Crippen LogP contribution is -2.40. The third kappa shape index (κ3) is 12.8. The number of benzene rings is 1. The van der Waals surface area contributed by atoms with Crippen molar-refractivity contribution in [2.24, 2.45) is 4.99 Å². The maximum atomic E-state index is 11.7. The fraction of sp³-hybridized carbons (Fsp3) is 0.556. The molecule has 160 valence electrons. The molecule has 0 saturated carbocycles. The van der Waals surface area contributed by atoms with E-state index in [1.165, 1.54) is 6.26 Å². The highest BCUT2D eigenvalue weighted by molar-refractivity contribution is 14.0. The topological polar surface area (TPSA) is 109 Å². The number of sulfone groups is 1. The zero-order chi connectivity index (χ0) is 20.5. The van der Waals surface area contributed by atoms with Crippen LogP contribution in [-0.4, -0.2) is 58.2 Å². The number of nitrogens with zero attached hydrogens (tertiary/aromatic N) is 1. The first kappa shape index (κ1) is 26.4. The zero-order valence-corrected chi connectivity index (χ0v) is 20.2. The van der Waals surface area contributed by atoms with Gasteiger partial charge in [-0.1, -0.05) is 12.1 Å². The summed E-state index contributed by atoms with van der Waals surface area (Å²) in [6.45, 7) is 6.38. The number of halogens is 1. The number of aliphatic imine (C=N–C) groups is 1. The van der Waals surface area contributed by atoms with E-state index in [2.05, 4.69) is 20.9 Å². The van der Waals surface area contributed by atoms with Crippen molar-refractivity contribution in [2.45, 2.75) is 32.8 Å². The van der Waals surface area contributed by atoms with Crippen LogP contribution in [0.1, 0.15) is 26.3 Å². The molecule has 1 amide bonds. The zero-order valence-electron chi connectivity index (χ0n) is 17.0. The number of nitrogens with one attached hydrogen (secondary N) is 3. The number of hydrogen-bond acceptors (Lipinski definition) is 5. The van der Waals surface area contributed by atoms with E-state index >= 15 is 0 Å². The predicted octanol–water partition coefficient (Wildman–Crippen LogP) is 2.40. The van der Waals surface area contributed by atoms with Gasteiger partial charge in [0.2, 0.25) is 0 Å². The molecule has 8 nitrogen and oxygen atoms in total. The first-order valence-electron chi connectivity index (χ1n) is 8.70. The minimum absolute atomic E-state index is 0. The summed E-state index contributed by atoms with van der Waals surface area (Å²) in [5.74, 6) is 0.613. The van der Waals surface area contributed by atoms with Crippen molar-refractivity contribution in [2.75, 3.05) is 37.5 Å². The number of hydrogen-bond donors (Lipinski definition) is 3. The standard InChI is InChI=1S/C18H30N4O4S.HI/c1-18(2,3)26-17(23)22-15-8-6-14(7-9-15)10-11-20-16(19-4)21-12-13-27(5,24)25;/h6-9H,10-13H2,1-5H3,(H,22,23)(H2,19,20,21);1H. The van der Waals surface area contributed by atoms with E-state index in [1.54, 1.807) is 7.05 Å². The van der Waals surface area contributed by atoms with Gasteiger partial charge in [-0.15, -0.1) is 24.0 Å². The second-order valence-electron chi connectivity index (χ2n) is 7.13. The van der Waals surface area contributed by atoms with Crippen molar-refractivity contribution in [3.63, 3.8) is 0 Å². The fourth-order valence-corrected chi connectivity index (χ4v) is 2.55. The largest absolute Gasteiger partial charge is 0.444 e. The average molecular weight is 526 g/mol. The van der Waals surface area contributed by atoms with Crippen LogP contribution in [0.4, 0.5) is 10.5 Å². The summed E-state index contributed by atoms with van der Waals surface area (Å²) in [5.41, 5.74) is 1.21. The molecule has 0 aliphatic carbocycles. The molecule has 0 atom stereocenters. The van der Waals surface area contributed by atoms with Crippen LogP contribution in [0, 0.1) is 0 Å². The molecular weight excluding hydrogens is 495 g/mol. The van der Waals surface area contributed by atoms with Crippen LogP contribution in [-0.2, 0) is 21.0 Å². The van der Waals surface area contributed by atoms with Gasteiger partial charge in [0.05, 0.1) is 5.75 Å². The number of carbonyl (C=O) groups is 1. The highest BCUT2D eigenvalue weighted by atomic mass is 127. The predicted molar refractivity (Wildman–Crippen MR) is 124 cm³/mol. The van der Waals surface area contributed by atoms with Crippen LogP contribution in [0.25, 0.3) is 0 Å². The molecule has 28 heavy (non-hydrogen) atoms. The molecule has 3 N–H and O–H groups in total. The van der Waals surface area contributed by atoms with Gasteiger partial charge in [0, 0.05) is 32.1 Å². The summed E-state index contributed by atoms with van der Waals surface area (Å²) in [5, 5.41) is 8.78. The quantitative estimate of drug-likeness (QED) is 0.286. The van der Waals surface area contributed by atoms with Gasteiger partial charge in [-0.05, 0) is 44.9 Å². The van der Waals surface area contributed by atoms with Crippen LogP contribution >= 0.6 is 24.0 Å². The van der Waals surface area contributed by atoms with Gasteiger partial charge in [-0.2, -0.15) is 0 Å². The summed E-state index contributed by atoms with van der Waals surface area (Å²) < 4.78 is 27.5. The highest BCUT2D eigenvalue weighted by Crippen LogP contribution is 2.13. The fourth-order valence-electron chi connectivity index (χ4n) is 2.08. The molecule has 1 aromatic carbocycles. The molecule has 0 aliphatic rings. The second-order valence-corrected chi connectivity index (χ2v) is 9.39. The van der Waals surface area contributed by atoms with Crippen LogP contribution < -0.4 is 16.0 Å². The monoisotopic (exact) mass is 526 g/mol. The molecule has 10 heteroatoms. The smallest absolute Gasteiger partial charge is 0.412 e. The van der Waals surface area contributed by atoms with Gasteiger partial charge in [-0.25, -0.2) is 13.2 Å². The number of anilines is 1. The summed E-state index contributed by atoms with van der Waals surface area (Å²) in [6, 6.07) is 7.49. The average Bonchev–Trinajstić information content (AvgIpc) is 2.52.